The highest BCUT2D eigenvalue weighted by Gasteiger charge is 2.25. The Labute approximate surface area is 164 Å². The summed E-state index contributed by atoms with van der Waals surface area (Å²) in [6.07, 6.45) is -1.08. The zero-order valence-corrected chi connectivity index (χ0v) is 16.8. The summed E-state index contributed by atoms with van der Waals surface area (Å²) >= 11 is 0. The van der Waals surface area contributed by atoms with Gasteiger partial charge in [0, 0.05) is 19.8 Å². The van der Waals surface area contributed by atoms with E-state index >= 15 is 0 Å². The Balaban J connectivity index is 2.19. The number of hydrogen-bond donors (Lipinski definition) is 1. The highest BCUT2D eigenvalue weighted by molar-refractivity contribution is 7.89. The minimum atomic E-state index is -3.84. The molecule has 0 aliphatic rings. The Kier molecular flexibility index (Phi) is 6.76. The Morgan fingerprint density at radius 1 is 1.07 bits per heavy atom. The van der Waals surface area contributed by atoms with Crippen molar-refractivity contribution in [2.24, 2.45) is 0 Å². The number of carbonyl (C=O) groups is 2. The van der Waals surface area contributed by atoms with Crippen molar-refractivity contribution in [1.82, 2.24) is 4.31 Å². The van der Waals surface area contributed by atoms with Crippen LogP contribution in [0.4, 0.5) is 5.69 Å². The van der Waals surface area contributed by atoms with Crippen LogP contribution in [-0.2, 0) is 19.6 Å². The molecule has 0 bridgehead atoms. The van der Waals surface area contributed by atoms with Gasteiger partial charge < -0.3 is 14.8 Å². The van der Waals surface area contributed by atoms with Crippen molar-refractivity contribution >= 4 is 27.6 Å². The average molecular weight is 406 g/mol. The van der Waals surface area contributed by atoms with Crippen molar-refractivity contribution in [1.29, 1.82) is 0 Å². The van der Waals surface area contributed by atoms with E-state index in [2.05, 4.69) is 5.32 Å². The molecule has 8 nitrogen and oxygen atoms in total. The van der Waals surface area contributed by atoms with Crippen LogP contribution in [0.5, 0.6) is 5.75 Å². The van der Waals surface area contributed by atoms with E-state index in [0.717, 1.165) is 4.31 Å². The molecule has 2 rings (SSSR count). The lowest BCUT2D eigenvalue weighted by molar-refractivity contribution is -0.123. The Hall–Kier alpha value is -2.91. The largest absolute Gasteiger partial charge is 0.495 e. The number of nitrogens with one attached hydrogen (secondary N) is 1. The molecular weight excluding hydrogens is 384 g/mol. The minimum absolute atomic E-state index is 0.0133. The number of hydrogen-bond acceptors (Lipinski definition) is 6. The summed E-state index contributed by atoms with van der Waals surface area (Å²) in [5, 5.41) is 2.63. The molecule has 0 saturated carbocycles. The summed E-state index contributed by atoms with van der Waals surface area (Å²) in [4.78, 5) is 24.4. The van der Waals surface area contributed by atoms with E-state index in [9.17, 15) is 18.0 Å². The van der Waals surface area contributed by atoms with E-state index in [1.165, 1.54) is 46.3 Å². The van der Waals surface area contributed by atoms with E-state index in [0.29, 0.717) is 5.69 Å². The summed E-state index contributed by atoms with van der Waals surface area (Å²) in [6.45, 7) is 1.43. The molecule has 1 N–H and O–H groups in total. The van der Waals surface area contributed by atoms with Crippen molar-refractivity contribution < 1.29 is 27.5 Å². The molecule has 1 unspecified atom stereocenters. The number of esters is 1. The molecule has 28 heavy (non-hydrogen) atoms. The molecule has 2 aromatic carbocycles. The van der Waals surface area contributed by atoms with Crippen molar-refractivity contribution in [3.63, 3.8) is 0 Å². The molecule has 0 aliphatic carbocycles. The maximum atomic E-state index is 12.4. The maximum Gasteiger partial charge on any atom is 0.338 e. The van der Waals surface area contributed by atoms with Gasteiger partial charge >= 0.3 is 5.97 Å². The number of ether oxygens (including phenoxy) is 2. The van der Waals surface area contributed by atoms with Crippen LogP contribution in [0.3, 0.4) is 0 Å². The Morgan fingerprint density at radius 2 is 1.71 bits per heavy atom. The molecule has 1 amide bonds. The zero-order chi connectivity index (χ0) is 20.9. The highest BCUT2D eigenvalue weighted by Crippen LogP contribution is 2.27. The van der Waals surface area contributed by atoms with Gasteiger partial charge in [-0.25, -0.2) is 17.5 Å². The monoisotopic (exact) mass is 406 g/mol. The lowest BCUT2D eigenvalue weighted by Crippen LogP contribution is -2.30. The predicted molar refractivity (Wildman–Crippen MR) is 104 cm³/mol. The quantitative estimate of drug-likeness (QED) is 0.707. The standard InChI is InChI=1S/C19H22N2O6S/c1-13(18(22)20-15-8-6-5-7-9-15)27-19(23)14-10-11-16(26-4)17(12-14)28(24,25)21(2)3/h5-13H,1-4H3,(H,20,22). The normalized spacial score (nSPS) is 12.3. The Morgan fingerprint density at radius 3 is 2.29 bits per heavy atom. The summed E-state index contributed by atoms with van der Waals surface area (Å²) in [7, 11) is 0.233. The summed E-state index contributed by atoms with van der Waals surface area (Å²) < 4.78 is 36.2. The molecule has 0 saturated heterocycles. The van der Waals surface area contributed by atoms with Crippen molar-refractivity contribution in [2.45, 2.75) is 17.9 Å². The number of nitrogens with zero attached hydrogens (tertiary/aromatic N) is 1. The number of rotatable bonds is 7. The van der Waals surface area contributed by atoms with Gasteiger partial charge in [0.15, 0.2) is 6.10 Å². The van der Waals surface area contributed by atoms with Crippen LogP contribution in [0.1, 0.15) is 17.3 Å². The molecule has 2 aromatic rings. The number of amides is 1. The molecule has 0 aromatic heterocycles. The van der Waals surface area contributed by atoms with Crippen LogP contribution in [0, 0.1) is 0 Å². The van der Waals surface area contributed by atoms with E-state index in [4.69, 9.17) is 9.47 Å². The molecule has 1 atom stereocenters. The van der Waals surface area contributed by atoms with Crippen molar-refractivity contribution in [2.75, 3.05) is 26.5 Å². The molecule has 150 valence electrons. The van der Waals surface area contributed by atoms with Gasteiger partial charge in [0.2, 0.25) is 10.0 Å². The zero-order valence-electron chi connectivity index (χ0n) is 16.0. The number of methoxy groups -OCH3 is 1. The lowest BCUT2D eigenvalue weighted by Gasteiger charge is -2.16. The number of anilines is 1. The topological polar surface area (TPSA) is 102 Å². The molecule has 0 fully saturated rings. The summed E-state index contributed by atoms with van der Waals surface area (Å²) in [6, 6.07) is 12.6. The molecule has 9 heteroatoms. The van der Waals surface area contributed by atoms with E-state index < -0.39 is 28.0 Å². The number of benzene rings is 2. The van der Waals surface area contributed by atoms with Gasteiger partial charge in [-0.1, -0.05) is 18.2 Å². The molecule has 0 spiro atoms. The fourth-order valence-corrected chi connectivity index (χ4v) is 3.32. The van der Waals surface area contributed by atoms with Crippen LogP contribution in [-0.4, -0.2) is 51.9 Å². The first-order valence-electron chi connectivity index (χ1n) is 8.34. The van der Waals surface area contributed by atoms with Gasteiger partial charge in [0.25, 0.3) is 5.91 Å². The average Bonchev–Trinajstić information content (AvgIpc) is 2.67. The second-order valence-corrected chi connectivity index (χ2v) is 8.18. The molecular formula is C19H22N2O6S. The molecule has 0 radical (unpaired) electrons. The first kappa shape index (κ1) is 21.4. The number of carbonyl (C=O) groups excluding carboxylic acids is 2. The van der Waals surface area contributed by atoms with Gasteiger partial charge in [-0.2, -0.15) is 0 Å². The third kappa shape index (κ3) is 4.87. The summed E-state index contributed by atoms with van der Waals surface area (Å²) in [5.41, 5.74) is 0.555. The maximum absolute atomic E-state index is 12.4. The van der Waals surface area contributed by atoms with Crippen LogP contribution < -0.4 is 10.1 Å². The first-order chi connectivity index (χ1) is 13.2. The van der Waals surface area contributed by atoms with Crippen LogP contribution in [0.25, 0.3) is 0 Å². The fraction of sp³-hybridized carbons (Fsp3) is 0.263. The lowest BCUT2D eigenvalue weighted by atomic mass is 10.2. The highest BCUT2D eigenvalue weighted by atomic mass is 32.2. The smallest absolute Gasteiger partial charge is 0.338 e. The first-order valence-corrected chi connectivity index (χ1v) is 9.78. The van der Waals surface area contributed by atoms with Gasteiger partial charge in [-0.15, -0.1) is 0 Å². The SMILES string of the molecule is COc1ccc(C(=O)OC(C)C(=O)Nc2ccccc2)cc1S(=O)(=O)N(C)C. The Bertz CT molecular complexity index is 958. The number of para-hydroxylation sites is 1. The van der Waals surface area contributed by atoms with Crippen LogP contribution in [0.2, 0.25) is 0 Å². The van der Waals surface area contributed by atoms with Gasteiger partial charge in [-0.05, 0) is 37.3 Å². The molecule has 0 aliphatic heterocycles. The second kappa shape index (κ2) is 8.85. The van der Waals surface area contributed by atoms with E-state index in [-0.39, 0.29) is 16.2 Å². The van der Waals surface area contributed by atoms with Crippen molar-refractivity contribution in [3.8, 4) is 5.75 Å². The fourth-order valence-electron chi connectivity index (χ4n) is 2.25. The van der Waals surface area contributed by atoms with Crippen LogP contribution in [0.15, 0.2) is 53.4 Å². The third-order valence-electron chi connectivity index (χ3n) is 3.85. The van der Waals surface area contributed by atoms with Gasteiger partial charge in [0.1, 0.15) is 10.6 Å². The van der Waals surface area contributed by atoms with Gasteiger partial charge in [-0.3, -0.25) is 4.79 Å². The predicted octanol–water partition coefficient (Wildman–Crippen LogP) is 2.13. The van der Waals surface area contributed by atoms with E-state index in [1.807, 2.05) is 6.07 Å². The second-order valence-electron chi connectivity index (χ2n) is 6.06. The minimum Gasteiger partial charge on any atom is -0.495 e. The summed E-state index contributed by atoms with van der Waals surface area (Å²) in [5.74, 6) is -1.23. The van der Waals surface area contributed by atoms with Gasteiger partial charge in [0.05, 0.1) is 12.7 Å². The van der Waals surface area contributed by atoms with E-state index in [1.54, 1.807) is 24.3 Å². The number of sulfonamides is 1. The third-order valence-corrected chi connectivity index (χ3v) is 5.69. The van der Waals surface area contributed by atoms with Crippen molar-refractivity contribution in [3.05, 3.63) is 54.1 Å². The van der Waals surface area contributed by atoms with Crippen LogP contribution >= 0.6 is 0 Å². The molecule has 0 heterocycles.